The Labute approximate surface area is 87.2 Å². The summed E-state index contributed by atoms with van der Waals surface area (Å²) in [6.07, 6.45) is 0. The predicted molar refractivity (Wildman–Crippen MR) is 55.0 cm³/mol. The van der Waals surface area contributed by atoms with E-state index >= 15 is 0 Å². The largest absolute Gasteiger partial charge is 0.326 e. The molecular weight excluding hydrogens is 216 g/mol. The summed E-state index contributed by atoms with van der Waals surface area (Å²) in [4.78, 5) is 11.3. The Morgan fingerprint density at radius 3 is 2.80 bits per heavy atom. The van der Waals surface area contributed by atoms with Gasteiger partial charge in [0.25, 0.3) is 0 Å². The van der Waals surface area contributed by atoms with E-state index in [1.54, 1.807) is 12.1 Å². The molecule has 1 aliphatic rings. The Kier molecular flexibility index (Phi) is 2.24. The summed E-state index contributed by atoms with van der Waals surface area (Å²) in [5, 5.41) is 2.52. The van der Waals surface area contributed by atoms with Gasteiger partial charge in [-0.1, -0.05) is 6.07 Å². The van der Waals surface area contributed by atoms with Crippen LogP contribution in [0.1, 0.15) is 5.56 Å². The average molecular weight is 226 g/mol. The first-order chi connectivity index (χ1) is 7.03. The first-order valence-electron chi connectivity index (χ1n) is 4.38. The van der Waals surface area contributed by atoms with Crippen molar-refractivity contribution in [3.05, 3.63) is 23.8 Å². The minimum absolute atomic E-state index is 0.166. The van der Waals surface area contributed by atoms with Gasteiger partial charge in [-0.25, -0.2) is 8.42 Å². The highest BCUT2D eigenvalue weighted by Gasteiger charge is 2.28. The maximum atomic E-state index is 11.6. The zero-order valence-corrected chi connectivity index (χ0v) is 8.67. The molecule has 6 heteroatoms. The standard InChI is InChI=1S/C9H10N2O3S/c10-4-6-1-2-8-7(3-6)11-9(12)5-15(8,13)14/h1-3H,4-5,10H2,(H,11,12). The quantitative estimate of drug-likeness (QED) is 0.698. The van der Waals surface area contributed by atoms with Crippen molar-refractivity contribution in [1.29, 1.82) is 0 Å². The van der Waals surface area contributed by atoms with Gasteiger partial charge in [0, 0.05) is 6.54 Å². The Bertz CT molecular complexity index is 522. The lowest BCUT2D eigenvalue weighted by molar-refractivity contribution is -0.114. The maximum absolute atomic E-state index is 11.6. The second kappa shape index (κ2) is 3.32. The Balaban J connectivity index is 2.62. The van der Waals surface area contributed by atoms with Crippen LogP contribution in [0.3, 0.4) is 0 Å². The van der Waals surface area contributed by atoms with Crippen LogP contribution in [0.5, 0.6) is 0 Å². The molecule has 5 nitrogen and oxygen atoms in total. The lowest BCUT2D eigenvalue weighted by Gasteiger charge is -2.17. The van der Waals surface area contributed by atoms with E-state index in [2.05, 4.69) is 5.32 Å². The van der Waals surface area contributed by atoms with Crippen LogP contribution in [0.4, 0.5) is 5.69 Å². The van der Waals surface area contributed by atoms with Crippen LogP contribution in [-0.4, -0.2) is 20.1 Å². The third-order valence-corrected chi connectivity index (χ3v) is 3.88. The Morgan fingerprint density at radius 2 is 2.13 bits per heavy atom. The van der Waals surface area contributed by atoms with E-state index in [4.69, 9.17) is 5.73 Å². The molecule has 2 rings (SSSR count). The fourth-order valence-electron chi connectivity index (χ4n) is 1.51. The van der Waals surface area contributed by atoms with Crippen LogP contribution in [0.15, 0.2) is 23.1 Å². The van der Waals surface area contributed by atoms with E-state index < -0.39 is 21.5 Å². The normalized spacial score (nSPS) is 18.1. The summed E-state index contributed by atoms with van der Waals surface area (Å²) in [6, 6.07) is 4.71. The topological polar surface area (TPSA) is 89.3 Å². The van der Waals surface area contributed by atoms with Crippen molar-refractivity contribution in [2.75, 3.05) is 11.1 Å². The number of fused-ring (bicyclic) bond motifs is 1. The number of hydrogen-bond donors (Lipinski definition) is 2. The first-order valence-corrected chi connectivity index (χ1v) is 6.04. The molecular formula is C9H10N2O3S. The molecule has 1 amide bonds. The van der Waals surface area contributed by atoms with Gasteiger partial charge in [0.05, 0.1) is 10.6 Å². The van der Waals surface area contributed by atoms with E-state index in [9.17, 15) is 13.2 Å². The highest BCUT2D eigenvalue weighted by Crippen LogP contribution is 2.27. The van der Waals surface area contributed by atoms with Crippen molar-refractivity contribution < 1.29 is 13.2 Å². The second-order valence-electron chi connectivity index (χ2n) is 3.34. The maximum Gasteiger partial charge on any atom is 0.239 e. The van der Waals surface area contributed by atoms with E-state index in [0.29, 0.717) is 12.2 Å². The summed E-state index contributed by atoms with van der Waals surface area (Å²) in [5.41, 5.74) is 6.53. The molecule has 15 heavy (non-hydrogen) atoms. The highest BCUT2D eigenvalue weighted by atomic mass is 32.2. The van der Waals surface area contributed by atoms with E-state index in [-0.39, 0.29) is 4.90 Å². The number of nitrogens with two attached hydrogens (primary N) is 1. The molecule has 0 bridgehead atoms. The lowest BCUT2D eigenvalue weighted by Crippen LogP contribution is -2.29. The van der Waals surface area contributed by atoms with Crippen molar-refractivity contribution >= 4 is 21.4 Å². The van der Waals surface area contributed by atoms with Crippen molar-refractivity contribution in [2.24, 2.45) is 5.73 Å². The Morgan fingerprint density at radius 1 is 1.40 bits per heavy atom. The Hall–Kier alpha value is -1.40. The summed E-state index contributed by atoms with van der Waals surface area (Å²) >= 11 is 0. The molecule has 3 N–H and O–H groups in total. The zero-order chi connectivity index (χ0) is 11.1. The summed E-state index contributed by atoms with van der Waals surface area (Å²) in [6.45, 7) is 0.309. The first kappa shape index (κ1) is 10.1. The molecule has 0 atom stereocenters. The zero-order valence-electron chi connectivity index (χ0n) is 7.86. The molecule has 1 heterocycles. The third kappa shape index (κ3) is 1.73. The molecule has 0 aliphatic carbocycles. The number of sulfone groups is 1. The van der Waals surface area contributed by atoms with Gasteiger partial charge in [0.2, 0.25) is 5.91 Å². The van der Waals surface area contributed by atoms with Gasteiger partial charge in [-0.05, 0) is 17.7 Å². The van der Waals surface area contributed by atoms with Gasteiger partial charge in [0.1, 0.15) is 5.75 Å². The number of carbonyl (C=O) groups is 1. The van der Waals surface area contributed by atoms with Gasteiger partial charge in [-0.2, -0.15) is 0 Å². The van der Waals surface area contributed by atoms with Crippen LogP contribution < -0.4 is 11.1 Å². The van der Waals surface area contributed by atoms with Crippen LogP contribution in [0, 0.1) is 0 Å². The highest BCUT2D eigenvalue weighted by molar-refractivity contribution is 7.92. The number of hydrogen-bond acceptors (Lipinski definition) is 4. The van der Waals surface area contributed by atoms with E-state index in [0.717, 1.165) is 5.56 Å². The number of carbonyl (C=O) groups excluding carboxylic acids is 1. The number of amides is 1. The lowest BCUT2D eigenvalue weighted by atomic mass is 10.2. The fraction of sp³-hybridized carbons (Fsp3) is 0.222. The van der Waals surface area contributed by atoms with Crippen molar-refractivity contribution in [2.45, 2.75) is 11.4 Å². The van der Waals surface area contributed by atoms with Gasteiger partial charge in [0.15, 0.2) is 9.84 Å². The molecule has 0 unspecified atom stereocenters. The number of anilines is 1. The molecule has 80 valence electrons. The van der Waals surface area contributed by atoms with Crippen LogP contribution in [0.2, 0.25) is 0 Å². The molecule has 0 aromatic heterocycles. The molecule has 1 aromatic carbocycles. The van der Waals surface area contributed by atoms with Crippen molar-refractivity contribution in [3.63, 3.8) is 0 Å². The second-order valence-corrected chi connectivity index (χ2v) is 5.30. The molecule has 1 aliphatic heterocycles. The summed E-state index contributed by atoms with van der Waals surface area (Å²) < 4.78 is 23.2. The van der Waals surface area contributed by atoms with E-state index in [1.807, 2.05) is 0 Å². The van der Waals surface area contributed by atoms with Gasteiger partial charge < -0.3 is 11.1 Å². The fourth-order valence-corrected chi connectivity index (χ4v) is 2.80. The monoisotopic (exact) mass is 226 g/mol. The van der Waals surface area contributed by atoms with Crippen LogP contribution >= 0.6 is 0 Å². The predicted octanol–water partition coefficient (Wildman–Crippen LogP) is -0.129. The van der Waals surface area contributed by atoms with Crippen molar-refractivity contribution in [1.82, 2.24) is 0 Å². The molecule has 1 aromatic rings. The number of benzene rings is 1. The molecule has 0 spiro atoms. The van der Waals surface area contributed by atoms with Gasteiger partial charge in [-0.3, -0.25) is 4.79 Å². The number of rotatable bonds is 1. The van der Waals surface area contributed by atoms with Crippen LogP contribution in [-0.2, 0) is 21.2 Å². The molecule has 0 saturated heterocycles. The average Bonchev–Trinajstić information content (AvgIpc) is 2.15. The van der Waals surface area contributed by atoms with Gasteiger partial charge in [-0.15, -0.1) is 0 Å². The minimum Gasteiger partial charge on any atom is -0.326 e. The third-order valence-electron chi connectivity index (χ3n) is 2.21. The summed E-state index contributed by atoms with van der Waals surface area (Å²) in [7, 11) is -3.47. The smallest absolute Gasteiger partial charge is 0.239 e. The SMILES string of the molecule is NCc1ccc2c(c1)NC(=O)CS2(=O)=O. The minimum atomic E-state index is -3.47. The van der Waals surface area contributed by atoms with Gasteiger partial charge >= 0.3 is 0 Å². The summed E-state index contributed by atoms with van der Waals surface area (Å²) in [5.74, 6) is -0.987. The molecule has 0 fully saturated rings. The van der Waals surface area contributed by atoms with Crippen molar-refractivity contribution in [3.8, 4) is 0 Å². The molecule has 0 radical (unpaired) electrons. The number of nitrogens with one attached hydrogen (secondary N) is 1. The van der Waals surface area contributed by atoms with E-state index in [1.165, 1.54) is 6.07 Å². The van der Waals surface area contributed by atoms with Crippen LogP contribution in [0.25, 0.3) is 0 Å². The molecule has 0 saturated carbocycles.